The molecular weight excluding hydrogens is 334 g/mol. The van der Waals surface area contributed by atoms with Gasteiger partial charge in [0.2, 0.25) is 5.91 Å². The lowest BCUT2D eigenvalue weighted by atomic mass is 9.65. The van der Waals surface area contributed by atoms with Crippen molar-refractivity contribution in [1.82, 2.24) is 14.7 Å². The van der Waals surface area contributed by atoms with E-state index in [2.05, 4.69) is 51.1 Å². The van der Waals surface area contributed by atoms with Crippen molar-refractivity contribution >= 4 is 5.91 Å². The number of carbonyl (C=O) groups is 1. The van der Waals surface area contributed by atoms with Gasteiger partial charge in [-0.15, -0.1) is 0 Å². The summed E-state index contributed by atoms with van der Waals surface area (Å²) in [5.74, 6) is 1.84. The first-order valence-corrected chi connectivity index (χ1v) is 10.9. The molecule has 0 aromatic carbocycles. The second-order valence-corrected chi connectivity index (χ2v) is 11.8. The highest BCUT2D eigenvalue weighted by molar-refractivity contribution is 5.77. The summed E-state index contributed by atoms with van der Waals surface area (Å²) >= 11 is 0. The van der Waals surface area contributed by atoms with E-state index in [1.54, 1.807) is 0 Å². The third kappa shape index (κ3) is 2.54. The molecule has 0 N–H and O–H groups in total. The summed E-state index contributed by atoms with van der Waals surface area (Å²) in [6.45, 7) is 15.7. The highest BCUT2D eigenvalue weighted by Gasteiger charge is 2.63. The van der Waals surface area contributed by atoms with Crippen LogP contribution in [0.2, 0.25) is 0 Å². The average molecular weight is 370 g/mol. The zero-order valence-electron chi connectivity index (χ0n) is 17.9. The van der Waals surface area contributed by atoms with E-state index in [1.807, 2.05) is 0 Å². The monoisotopic (exact) mass is 369 g/mol. The second kappa shape index (κ2) is 5.18. The largest absolute Gasteiger partial charge is 0.339 e. The van der Waals surface area contributed by atoms with Crippen LogP contribution in [0.5, 0.6) is 0 Å². The first kappa shape index (κ1) is 17.8. The molecule has 3 aliphatic carbocycles. The van der Waals surface area contributed by atoms with Crippen LogP contribution in [0.4, 0.5) is 0 Å². The maximum Gasteiger partial charge on any atom is 0.224 e. The summed E-state index contributed by atoms with van der Waals surface area (Å²) in [4.78, 5) is 15.3. The van der Waals surface area contributed by atoms with E-state index >= 15 is 0 Å². The number of aryl methyl sites for hydroxylation is 2. The standard InChI is InChI=1S/C23H35N3O/c1-14-19-17(9-16-20(19)22(16,4)5)26(24-14)8-7-18(27)25-13-23(6)11-15(25)10-21(2,3)12-23/h15-16,20H,7-13H2,1-6H3/t15-,16+,20+,23-/m0/s1. The van der Waals surface area contributed by atoms with Crippen LogP contribution in [-0.2, 0) is 17.8 Å². The molecule has 2 saturated carbocycles. The van der Waals surface area contributed by atoms with Gasteiger partial charge in [-0.3, -0.25) is 9.48 Å². The fourth-order valence-electron chi connectivity index (χ4n) is 7.45. The third-order valence-corrected chi connectivity index (χ3v) is 8.33. The molecule has 4 heteroatoms. The lowest BCUT2D eigenvalue weighted by Crippen LogP contribution is -2.38. The van der Waals surface area contributed by atoms with Crippen molar-refractivity contribution in [3.8, 4) is 0 Å². The average Bonchev–Trinajstić information content (AvgIpc) is 2.90. The number of nitrogens with zero attached hydrogens (tertiary/aromatic N) is 3. The molecule has 27 heavy (non-hydrogen) atoms. The van der Waals surface area contributed by atoms with E-state index in [0.717, 1.165) is 31.8 Å². The highest BCUT2D eigenvalue weighted by atomic mass is 16.2. The van der Waals surface area contributed by atoms with Gasteiger partial charge in [-0.1, -0.05) is 34.6 Å². The molecule has 5 rings (SSSR count). The summed E-state index contributed by atoms with van der Waals surface area (Å²) in [7, 11) is 0. The maximum absolute atomic E-state index is 13.1. The highest BCUT2D eigenvalue weighted by Crippen LogP contribution is 2.70. The van der Waals surface area contributed by atoms with Crippen molar-refractivity contribution in [2.45, 2.75) is 92.2 Å². The van der Waals surface area contributed by atoms with E-state index in [9.17, 15) is 4.79 Å². The van der Waals surface area contributed by atoms with Gasteiger partial charge in [-0.2, -0.15) is 5.10 Å². The van der Waals surface area contributed by atoms with E-state index in [0.29, 0.717) is 40.5 Å². The molecule has 1 aromatic rings. The summed E-state index contributed by atoms with van der Waals surface area (Å²) < 4.78 is 2.17. The molecule has 1 amide bonds. The number of likely N-dealkylation sites (tertiary alicyclic amines) is 1. The van der Waals surface area contributed by atoms with Crippen molar-refractivity contribution in [2.24, 2.45) is 22.2 Å². The van der Waals surface area contributed by atoms with Crippen LogP contribution < -0.4 is 0 Å². The quantitative estimate of drug-likeness (QED) is 0.796. The Balaban J connectivity index is 1.28. The summed E-state index contributed by atoms with van der Waals surface area (Å²) in [6, 6.07) is 0.449. The van der Waals surface area contributed by atoms with Gasteiger partial charge in [0.25, 0.3) is 0 Å². The molecule has 1 saturated heterocycles. The molecule has 1 aromatic heterocycles. The van der Waals surface area contributed by atoms with Crippen molar-refractivity contribution in [1.29, 1.82) is 0 Å². The Morgan fingerprint density at radius 1 is 1.19 bits per heavy atom. The van der Waals surface area contributed by atoms with Gasteiger partial charge in [-0.25, -0.2) is 0 Å². The summed E-state index contributed by atoms with van der Waals surface area (Å²) in [5.41, 5.74) is 5.25. The Kier molecular flexibility index (Phi) is 3.41. The second-order valence-electron chi connectivity index (χ2n) is 11.8. The molecule has 3 fully saturated rings. The van der Waals surface area contributed by atoms with Gasteiger partial charge in [0.05, 0.1) is 5.69 Å². The minimum Gasteiger partial charge on any atom is -0.339 e. The number of hydrogen-bond donors (Lipinski definition) is 0. The first-order valence-electron chi connectivity index (χ1n) is 10.9. The Morgan fingerprint density at radius 2 is 1.93 bits per heavy atom. The zero-order valence-corrected chi connectivity index (χ0v) is 17.9. The number of rotatable bonds is 3. The topological polar surface area (TPSA) is 38.1 Å². The van der Waals surface area contributed by atoms with Crippen LogP contribution >= 0.6 is 0 Å². The molecule has 0 radical (unpaired) electrons. The fourth-order valence-corrected chi connectivity index (χ4v) is 7.45. The smallest absolute Gasteiger partial charge is 0.224 e. The van der Waals surface area contributed by atoms with Crippen LogP contribution in [0.1, 0.15) is 83.2 Å². The third-order valence-electron chi connectivity index (χ3n) is 8.33. The lowest BCUT2D eigenvalue weighted by Gasteiger charge is -2.39. The number of carbonyl (C=O) groups excluding carboxylic acids is 1. The lowest BCUT2D eigenvalue weighted by molar-refractivity contribution is -0.132. The Morgan fingerprint density at radius 3 is 2.67 bits per heavy atom. The minimum atomic E-state index is 0.318. The van der Waals surface area contributed by atoms with E-state index < -0.39 is 0 Å². The van der Waals surface area contributed by atoms with E-state index in [1.165, 1.54) is 29.8 Å². The van der Waals surface area contributed by atoms with Gasteiger partial charge >= 0.3 is 0 Å². The Bertz CT molecular complexity index is 820. The van der Waals surface area contributed by atoms with Crippen molar-refractivity contribution < 1.29 is 4.79 Å². The van der Waals surface area contributed by atoms with Gasteiger partial charge in [0.1, 0.15) is 0 Å². The molecule has 4 nitrogen and oxygen atoms in total. The summed E-state index contributed by atoms with van der Waals surface area (Å²) in [5, 5.41) is 4.82. The molecule has 0 unspecified atom stereocenters. The maximum atomic E-state index is 13.1. The van der Waals surface area contributed by atoms with Crippen LogP contribution in [0, 0.1) is 29.1 Å². The molecule has 2 bridgehead atoms. The Labute approximate surface area is 163 Å². The van der Waals surface area contributed by atoms with Gasteiger partial charge < -0.3 is 4.90 Å². The van der Waals surface area contributed by atoms with E-state index in [4.69, 9.17) is 5.10 Å². The van der Waals surface area contributed by atoms with Crippen LogP contribution in [0.3, 0.4) is 0 Å². The minimum absolute atomic E-state index is 0.318. The predicted molar refractivity (Wildman–Crippen MR) is 107 cm³/mol. The van der Waals surface area contributed by atoms with E-state index in [-0.39, 0.29) is 0 Å². The molecule has 1 aliphatic heterocycles. The normalized spacial score (nSPS) is 37.3. The molecule has 2 heterocycles. The van der Waals surface area contributed by atoms with Gasteiger partial charge in [0, 0.05) is 36.8 Å². The molecule has 4 aliphatic rings. The number of hydrogen-bond acceptors (Lipinski definition) is 2. The molecule has 4 atom stereocenters. The molecule has 0 spiro atoms. The van der Waals surface area contributed by atoms with Crippen molar-refractivity contribution in [2.75, 3.05) is 6.54 Å². The summed E-state index contributed by atoms with van der Waals surface area (Å²) in [6.07, 6.45) is 5.34. The number of fused-ring (bicyclic) bond motifs is 5. The molecular formula is C23H35N3O. The SMILES string of the molecule is Cc1nn(CCC(=O)N2C[C@@]3(C)C[C@@H]2CC(C)(C)C3)c2c1[C@H]1[C@@H](C2)C1(C)C. The van der Waals surface area contributed by atoms with Crippen molar-refractivity contribution in [3.63, 3.8) is 0 Å². The number of aromatic nitrogens is 2. The predicted octanol–water partition coefficient (Wildman–Crippen LogP) is 4.30. The fraction of sp³-hybridized carbons (Fsp3) is 0.826. The van der Waals surface area contributed by atoms with Crippen molar-refractivity contribution in [3.05, 3.63) is 17.0 Å². The van der Waals surface area contributed by atoms with Gasteiger partial charge in [0.15, 0.2) is 0 Å². The van der Waals surface area contributed by atoms with Crippen LogP contribution in [-0.4, -0.2) is 33.2 Å². The first-order chi connectivity index (χ1) is 12.5. The van der Waals surface area contributed by atoms with Crippen LogP contribution in [0.25, 0.3) is 0 Å². The zero-order chi connectivity index (χ0) is 19.4. The number of amides is 1. The Hall–Kier alpha value is -1.32. The molecule has 148 valence electrons. The van der Waals surface area contributed by atoms with Crippen LogP contribution in [0.15, 0.2) is 0 Å². The van der Waals surface area contributed by atoms with Gasteiger partial charge in [-0.05, 0) is 60.7 Å².